The number of para-hydroxylation sites is 1. The van der Waals surface area contributed by atoms with E-state index in [1.807, 2.05) is 6.92 Å². The Hall–Kier alpha value is -1.55. The van der Waals surface area contributed by atoms with E-state index in [0.717, 1.165) is 12.7 Å². The summed E-state index contributed by atoms with van der Waals surface area (Å²) in [6, 6.07) is 5.22. The van der Waals surface area contributed by atoms with Crippen LogP contribution in [0.15, 0.2) is 18.2 Å². The van der Waals surface area contributed by atoms with Crippen LogP contribution in [0, 0.1) is 5.92 Å². The van der Waals surface area contributed by atoms with Gasteiger partial charge in [-0.3, -0.25) is 4.79 Å². The number of hydrogen-bond donors (Lipinski definition) is 1. The van der Waals surface area contributed by atoms with Crippen LogP contribution in [0.3, 0.4) is 0 Å². The second-order valence-corrected chi connectivity index (χ2v) is 5.58. The molecule has 1 aliphatic rings. The lowest BCUT2D eigenvalue weighted by molar-refractivity contribution is 0.0828. The maximum Gasteiger partial charge on any atom is 0.171 e. The first kappa shape index (κ1) is 15.8. The summed E-state index contributed by atoms with van der Waals surface area (Å²) in [7, 11) is 0. The first-order valence-corrected chi connectivity index (χ1v) is 7.76. The number of aldehydes is 1. The molecule has 1 aromatic rings. The van der Waals surface area contributed by atoms with Crippen LogP contribution in [0.4, 0.5) is 0 Å². The second kappa shape index (κ2) is 8.03. The molecule has 0 bridgehead atoms. The molecule has 0 aliphatic heterocycles. The SMILES string of the molecule is CCOc1cccc(C=O)c1OCC(O)CC1CCCC1. The van der Waals surface area contributed by atoms with Crippen molar-refractivity contribution in [3.8, 4) is 11.5 Å². The van der Waals surface area contributed by atoms with Gasteiger partial charge in [0.15, 0.2) is 17.8 Å². The van der Waals surface area contributed by atoms with Gasteiger partial charge in [0.05, 0.1) is 18.3 Å². The van der Waals surface area contributed by atoms with E-state index in [-0.39, 0.29) is 6.61 Å². The van der Waals surface area contributed by atoms with Crippen LogP contribution in [0.2, 0.25) is 0 Å². The smallest absolute Gasteiger partial charge is 0.171 e. The quantitative estimate of drug-likeness (QED) is 0.747. The maximum atomic E-state index is 11.1. The van der Waals surface area contributed by atoms with Crippen molar-refractivity contribution in [2.45, 2.75) is 45.1 Å². The van der Waals surface area contributed by atoms with Crippen molar-refractivity contribution < 1.29 is 19.4 Å². The van der Waals surface area contributed by atoms with Gasteiger partial charge >= 0.3 is 0 Å². The van der Waals surface area contributed by atoms with E-state index in [1.165, 1.54) is 25.7 Å². The highest BCUT2D eigenvalue weighted by molar-refractivity contribution is 5.81. The van der Waals surface area contributed by atoms with Crippen molar-refractivity contribution in [2.75, 3.05) is 13.2 Å². The molecule has 1 fully saturated rings. The molecule has 4 nitrogen and oxygen atoms in total. The molecule has 0 amide bonds. The highest BCUT2D eigenvalue weighted by Gasteiger charge is 2.20. The van der Waals surface area contributed by atoms with Crippen molar-refractivity contribution in [1.29, 1.82) is 0 Å². The Labute approximate surface area is 126 Å². The molecule has 1 unspecified atom stereocenters. The van der Waals surface area contributed by atoms with E-state index < -0.39 is 6.10 Å². The number of benzene rings is 1. The zero-order valence-corrected chi connectivity index (χ0v) is 12.6. The van der Waals surface area contributed by atoms with Crippen molar-refractivity contribution in [3.63, 3.8) is 0 Å². The molecule has 2 rings (SSSR count). The van der Waals surface area contributed by atoms with Gasteiger partial charge in [-0.05, 0) is 31.4 Å². The van der Waals surface area contributed by atoms with E-state index >= 15 is 0 Å². The highest BCUT2D eigenvalue weighted by Crippen LogP contribution is 2.32. The predicted octanol–water partition coefficient (Wildman–Crippen LogP) is 3.22. The molecule has 1 atom stereocenters. The lowest BCUT2D eigenvalue weighted by atomic mass is 10.0. The molecule has 4 heteroatoms. The third-order valence-corrected chi connectivity index (χ3v) is 3.94. The zero-order valence-electron chi connectivity index (χ0n) is 12.6. The van der Waals surface area contributed by atoms with Crippen molar-refractivity contribution in [3.05, 3.63) is 23.8 Å². The molecule has 1 aromatic carbocycles. The normalized spacial score (nSPS) is 16.7. The summed E-state index contributed by atoms with van der Waals surface area (Å²) < 4.78 is 11.2. The average Bonchev–Trinajstić information content (AvgIpc) is 2.98. The van der Waals surface area contributed by atoms with Crippen molar-refractivity contribution in [1.82, 2.24) is 0 Å². The number of aliphatic hydroxyl groups excluding tert-OH is 1. The minimum absolute atomic E-state index is 0.196. The van der Waals surface area contributed by atoms with Gasteiger partial charge in [0.2, 0.25) is 0 Å². The number of carbonyl (C=O) groups excluding carboxylic acids is 1. The summed E-state index contributed by atoms with van der Waals surface area (Å²) in [4.78, 5) is 11.1. The van der Waals surface area contributed by atoms with Gasteiger partial charge in [0.25, 0.3) is 0 Å². The molecule has 0 radical (unpaired) electrons. The molecular formula is C17H24O4. The van der Waals surface area contributed by atoms with E-state index in [2.05, 4.69) is 0 Å². The summed E-state index contributed by atoms with van der Waals surface area (Å²) in [5.74, 6) is 1.59. The Balaban J connectivity index is 1.95. The Morgan fingerprint density at radius 1 is 1.33 bits per heavy atom. The molecule has 1 aliphatic carbocycles. The minimum atomic E-state index is -0.498. The highest BCUT2D eigenvalue weighted by atomic mass is 16.5. The third-order valence-electron chi connectivity index (χ3n) is 3.94. The van der Waals surface area contributed by atoms with Crippen LogP contribution in [0.5, 0.6) is 11.5 Å². The first-order valence-electron chi connectivity index (χ1n) is 7.76. The number of ether oxygens (including phenoxy) is 2. The van der Waals surface area contributed by atoms with Crippen LogP contribution in [-0.2, 0) is 0 Å². The van der Waals surface area contributed by atoms with Crippen LogP contribution < -0.4 is 9.47 Å². The lowest BCUT2D eigenvalue weighted by Crippen LogP contribution is -2.21. The van der Waals surface area contributed by atoms with Crippen LogP contribution in [-0.4, -0.2) is 30.7 Å². The van der Waals surface area contributed by atoms with E-state index in [9.17, 15) is 9.90 Å². The summed E-state index contributed by atoms with van der Waals surface area (Å²) in [6.07, 6.45) is 5.95. The fourth-order valence-corrected chi connectivity index (χ4v) is 2.93. The van der Waals surface area contributed by atoms with Crippen LogP contribution >= 0.6 is 0 Å². The molecule has 0 heterocycles. The van der Waals surface area contributed by atoms with Crippen molar-refractivity contribution >= 4 is 6.29 Å². The topological polar surface area (TPSA) is 55.8 Å². The molecule has 116 valence electrons. The van der Waals surface area contributed by atoms with E-state index in [1.54, 1.807) is 18.2 Å². The summed E-state index contributed by atoms with van der Waals surface area (Å²) >= 11 is 0. The van der Waals surface area contributed by atoms with E-state index in [0.29, 0.717) is 29.6 Å². The number of aliphatic hydroxyl groups is 1. The Bertz CT molecular complexity index is 452. The number of hydrogen-bond acceptors (Lipinski definition) is 4. The fraction of sp³-hybridized carbons (Fsp3) is 0.588. The molecule has 21 heavy (non-hydrogen) atoms. The first-order chi connectivity index (χ1) is 10.2. The standard InChI is InChI=1S/C17H24O4/c1-2-20-16-9-5-8-14(11-18)17(16)21-12-15(19)10-13-6-3-4-7-13/h5,8-9,11,13,15,19H,2-4,6-7,10,12H2,1H3. The Kier molecular flexibility index (Phi) is 6.05. The summed E-state index contributed by atoms with van der Waals surface area (Å²) in [5.41, 5.74) is 0.453. The number of rotatable bonds is 8. The predicted molar refractivity (Wildman–Crippen MR) is 81.1 cm³/mol. The fourth-order valence-electron chi connectivity index (χ4n) is 2.93. The molecule has 0 saturated heterocycles. The average molecular weight is 292 g/mol. The Morgan fingerprint density at radius 2 is 2.10 bits per heavy atom. The minimum Gasteiger partial charge on any atom is -0.490 e. The van der Waals surface area contributed by atoms with Gasteiger partial charge < -0.3 is 14.6 Å². The second-order valence-electron chi connectivity index (χ2n) is 5.58. The lowest BCUT2D eigenvalue weighted by Gasteiger charge is -2.18. The Morgan fingerprint density at radius 3 is 2.76 bits per heavy atom. The largest absolute Gasteiger partial charge is 0.490 e. The van der Waals surface area contributed by atoms with Gasteiger partial charge in [-0.2, -0.15) is 0 Å². The summed E-state index contributed by atoms with van der Waals surface area (Å²) in [5, 5.41) is 10.1. The van der Waals surface area contributed by atoms with Crippen LogP contribution in [0.1, 0.15) is 49.4 Å². The zero-order chi connectivity index (χ0) is 15.1. The van der Waals surface area contributed by atoms with Gasteiger partial charge in [0, 0.05) is 0 Å². The van der Waals surface area contributed by atoms with E-state index in [4.69, 9.17) is 9.47 Å². The molecular weight excluding hydrogens is 268 g/mol. The van der Waals surface area contributed by atoms with Crippen LogP contribution in [0.25, 0.3) is 0 Å². The molecule has 0 spiro atoms. The molecule has 1 saturated carbocycles. The number of carbonyl (C=O) groups is 1. The summed E-state index contributed by atoms with van der Waals surface area (Å²) in [6.45, 7) is 2.58. The monoisotopic (exact) mass is 292 g/mol. The van der Waals surface area contributed by atoms with Gasteiger partial charge in [0.1, 0.15) is 6.61 Å². The van der Waals surface area contributed by atoms with Crippen molar-refractivity contribution in [2.24, 2.45) is 5.92 Å². The molecule has 1 N–H and O–H groups in total. The van der Waals surface area contributed by atoms with Gasteiger partial charge in [-0.25, -0.2) is 0 Å². The van der Waals surface area contributed by atoms with Gasteiger partial charge in [-0.1, -0.05) is 31.7 Å². The molecule has 0 aromatic heterocycles. The maximum absolute atomic E-state index is 11.1. The van der Waals surface area contributed by atoms with Gasteiger partial charge in [-0.15, -0.1) is 0 Å². The third kappa shape index (κ3) is 4.46.